The molecule has 0 spiro atoms. The summed E-state index contributed by atoms with van der Waals surface area (Å²) in [5.74, 6) is 1.13. The predicted molar refractivity (Wildman–Crippen MR) is 105 cm³/mol. The number of rotatable bonds is 4. The van der Waals surface area contributed by atoms with Crippen molar-refractivity contribution in [2.45, 2.75) is 20.4 Å². The number of oxazole rings is 1. The Morgan fingerprint density at radius 2 is 1.74 bits per heavy atom. The summed E-state index contributed by atoms with van der Waals surface area (Å²) >= 11 is 0. The van der Waals surface area contributed by atoms with Gasteiger partial charge < -0.3 is 9.32 Å². The van der Waals surface area contributed by atoms with Crippen LogP contribution in [0.25, 0.3) is 11.3 Å². The third kappa shape index (κ3) is 3.88. The zero-order valence-corrected chi connectivity index (χ0v) is 15.8. The third-order valence-corrected chi connectivity index (χ3v) is 5.33. The minimum atomic E-state index is -0.250. The van der Waals surface area contributed by atoms with Crippen LogP contribution in [0.1, 0.15) is 17.0 Å². The van der Waals surface area contributed by atoms with E-state index in [-0.39, 0.29) is 5.82 Å². The fraction of sp³-hybridized carbons (Fsp3) is 0.318. The van der Waals surface area contributed by atoms with Gasteiger partial charge in [-0.05, 0) is 55.3 Å². The highest BCUT2D eigenvalue weighted by atomic mass is 19.1. The molecule has 0 atom stereocenters. The quantitative estimate of drug-likeness (QED) is 0.685. The van der Waals surface area contributed by atoms with Crippen LogP contribution in [0.15, 0.2) is 53.1 Å². The first kappa shape index (κ1) is 17.7. The maximum absolute atomic E-state index is 13.1. The standard InChI is InChI=1S/C22H24FN3O/c1-16-4-3-5-20(17(16)2)26-12-10-25(11-13-26)15-22-24-14-21(27-22)18-6-8-19(23)9-7-18/h3-9,14H,10-13,15H2,1-2H3. The Morgan fingerprint density at radius 1 is 1.00 bits per heavy atom. The van der Waals surface area contributed by atoms with Gasteiger partial charge in [0.15, 0.2) is 5.76 Å². The van der Waals surface area contributed by atoms with Crippen LogP contribution in [-0.2, 0) is 6.54 Å². The molecule has 0 saturated carbocycles. The number of aromatic nitrogens is 1. The van der Waals surface area contributed by atoms with Crippen molar-refractivity contribution in [2.24, 2.45) is 0 Å². The van der Waals surface area contributed by atoms with Gasteiger partial charge in [-0.15, -0.1) is 0 Å². The number of hydrogen-bond donors (Lipinski definition) is 0. The Labute approximate surface area is 159 Å². The van der Waals surface area contributed by atoms with Crippen LogP contribution in [0.2, 0.25) is 0 Å². The number of halogens is 1. The van der Waals surface area contributed by atoms with Gasteiger partial charge in [-0.2, -0.15) is 0 Å². The first-order valence-electron chi connectivity index (χ1n) is 9.34. The van der Waals surface area contributed by atoms with Gasteiger partial charge in [-0.1, -0.05) is 12.1 Å². The van der Waals surface area contributed by atoms with Gasteiger partial charge in [-0.3, -0.25) is 4.90 Å². The Bertz CT molecular complexity index is 912. The lowest BCUT2D eigenvalue weighted by molar-refractivity contribution is 0.227. The first-order valence-corrected chi connectivity index (χ1v) is 9.34. The number of aryl methyl sites for hydroxylation is 1. The molecule has 0 radical (unpaired) electrons. The lowest BCUT2D eigenvalue weighted by atomic mass is 10.1. The van der Waals surface area contributed by atoms with Crippen molar-refractivity contribution in [2.75, 3.05) is 31.1 Å². The van der Waals surface area contributed by atoms with E-state index in [4.69, 9.17) is 4.42 Å². The monoisotopic (exact) mass is 365 g/mol. The summed E-state index contributed by atoms with van der Waals surface area (Å²) in [5, 5.41) is 0. The van der Waals surface area contributed by atoms with E-state index in [0.29, 0.717) is 18.2 Å². The Morgan fingerprint density at radius 3 is 2.48 bits per heavy atom. The van der Waals surface area contributed by atoms with Gasteiger partial charge in [0.05, 0.1) is 12.7 Å². The third-order valence-electron chi connectivity index (χ3n) is 5.33. The van der Waals surface area contributed by atoms with E-state index in [1.165, 1.54) is 28.9 Å². The molecule has 3 aromatic rings. The van der Waals surface area contributed by atoms with Crippen molar-refractivity contribution >= 4 is 5.69 Å². The van der Waals surface area contributed by atoms with Crippen molar-refractivity contribution < 1.29 is 8.81 Å². The number of hydrogen-bond acceptors (Lipinski definition) is 4. The maximum Gasteiger partial charge on any atom is 0.209 e. The molecule has 27 heavy (non-hydrogen) atoms. The summed E-state index contributed by atoms with van der Waals surface area (Å²) in [6.45, 7) is 8.99. The van der Waals surface area contributed by atoms with E-state index in [1.807, 2.05) is 0 Å². The second kappa shape index (κ2) is 7.53. The van der Waals surface area contributed by atoms with Gasteiger partial charge in [0.2, 0.25) is 5.89 Å². The van der Waals surface area contributed by atoms with Crippen molar-refractivity contribution in [3.63, 3.8) is 0 Å². The van der Waals surface area contributed by atoms with Gasteiger partial charge >= 0.3 is 0 Å². The van der Waals surface area contributed by atoms with Gasteiger partial charge in [0.1, 0.15) is 5.82 Å². The highest BCUT2D eigenvalue weighted by Gasteiger charge is 2.20. The van der Waals surface area contributed by atoms with Gasteiger partial charge in [-0.25, -0.2) is 9.37 Å². The van der Waals surface area contributed by atoms with Crippen LogP contribution >= 0.6 is 0 Å². The van der Waals surface area contributed by atoms with E-state index in [1.54, 1.807) is 18.3 Å². The van der Waals surface area contributed by atoms with Crippen molar-refractivity contribution in [3.05, 3.63) is 71.5 Å². The molecule has 0 aliphatic carbocycles. The average Bonchev–Trinajstić information content (AvgIpc) is 3.14. The predicted octanol–water partition coefficient (Wildman–Crippen LogP) is 4.42. The van der Waals surface area contributed by atoms with E-state index < -0.39 is 0 Å². The van der Waals surface area contributed by atoms with Crippen molar-refractivity contribution in [3.8, 4) is 11.3 Å². The Balaban J connectivity index is 1.37. The minimum Gasteiger partial charge on any atom is -0.439 e. The zero-order valence-electron chi connectivity index (χ0n) is 15.8. The highest BCUT2D eigenvalue weighted by Crippen LogP contribution is 2.25. The Hall–Kier alpha value is -2.66. The molecule has 0 N–H and O–H groups in total. The molecule has 4 nitrogen and oxygen atoms in total. The SMILES string of the molecule is Cc1cccc(N2CCN(Cc3ncc(-c4ccc(F)cc4)o3)CC2)c1C. The summed E-state index contributed by atoms with van der Waals surface area (Å²) in [6, 6.07) is 12.8. The summed E-state index contributed by atoms with van der Waals surface area (Å²) in [6.07, 6.45) is 1.72. The van der Waals surface area contributed by atoms with E-state index in [9.17, 15) is 4.39 Å². The molecule has 2 heterocycles. The van der Waals surface area contributed by atoms with Gasteiger partial charge in [0.25, 0.3) is 0 Å². The summed E-state index contributed by atoms with van der Waals surface area (Å²) in [5.41, 5.74) is 4.88. The van der Waals surface area contributed by atoms with Crippen LogP contribution in [0.5, 0.6) is 0 Å². The molecule has 1 aliphatic rings. The average molecular weight is 365 g/mol. The molecule has 1 fully saturated rings. The highest BCUT2D eigenvalue weighted by molar-refractivity contribution is 5.57. The maximum atomic E-state index is 13.1. The van der Waals surface area contributed by atoms with Crippen LogP contribution in [0, 0.1) is 19.7 Å². The normalized spacial score (nSPS) is 15.3. The fourth-order valence-corrected chi connectivity index (χ4v) is 3.55. The molecule has 4 rings (SSSR count). The van der Waals surface area contributed by atoms with Gasteiger partial charge in [0, 0.05) is 37.4 Å². The molecule has 0 unspecified atom stereocenters. The van der Waals surface area contributed by atoms with Crippen LogP contribution < -0.4 is 4.90 Å². The largest absolute Gasteiger partial charge is 0.439 e. The number of nitrogens with zero attached hydrogens (tertiary/aromatic N) is 3. The van der Waals surface area contributed by atoms with Crippen LogP contribution in [0.4, 0.5) is 10.1 Å². The lowest BCUT2D eigenvalue weighted by Crippen LogP contribution is -2.46. The zero-order chi connectivity index (χ0) is 18.8. The summed E-state index contributed by atoms with van der Waals surface area (Å²) < 4.78 is 18.9. The molecular formula is C22H24FN3O. The van der Waals surface area contributed by atoms with E-state index >= 15 is 0 Å². The Kier molecular flexibility index (Phi) is 4.94. The fourth-order valence-electron chi connectivity index (χ4n) is 3.55. The first-order chi connectivity index (χ1) is 13.1. The molecular weight excluding hydrogens is 341 g/mol. The van der Waals surface area contributed by atoms with E-state index in [2.05, 4.69) is 46.8 Å². The smallest absolute Gasteiger partial charge is 0.209 e. The molecule has 2 aromatic carbocycles. The molecule has 0 bridgehead atoms. The lowest BCUT2D eigenvalue weighted by Gasteiger charge is -2.36. The molecule has 1 aliphatic heterocycles. The summed E-state index contributed by atoms with van der Waals surface area (Å²) in [4.78, 5) is 9.22. The molecule has 140 valence electrons. The van der Waals surface area contributed by atoms with Crippen LogP contribution in [-0.4, -0.2) is 36.1 Å². The molecule has 0 amide bonds. The second-order valence-electron chi connectivity index (χ2n) is 7.11. The second-order valence-corrected chi connectivity index (χ2v) is 7.11. The van der Waals surface area contributed by atoms with Crippen molar-refractivity contribution in [1.82, 2.24) is 9.88 Å². The molecule has 1 saturated heterocycles. The molecule has 1 aromatic heterocycles. The summed E-state index contributed by atoms with van der Waals surface area (Å²) in [7, 11) is 0. The minimum absolute atomic E-state index is 0.250. The van der Waals surface area contributed by atoms with Crippen LogP contribution in [0.3, 0.4) is 0 Å². The number of benzene rings is 2. The number of anilines is 1. The van der Waals surface area contributed by atoms with Crippen molar-refractivity contribution in [1.29, 1.82) is 0 Å². The molecule has 5 heteroatoms. The topological polar surface area (TPSA) is 32.5 Å². The number of piperazine rings is 1. The van der Waals surface area contributed by atoms with E-state index in [0.717, 1.165) is 31.7 Å².